The van der Waals surface area contributed by atoms with Gasteiger partial charge in [0.05, 0.1) is 0 Å². The molecule has 4 rings (SSSR count). The van der Waals surface area contributed by atoms with E-state index in [0.29, 0.717) is 6.61 Å². The molecule has 134 valence electrons. The van der Waals surface area contributed by atoms with Crippen LogP contribution in [0.25, 0.3) is 10.8 Å². The zero-order chi connectivity index (χ0) is 18.5. The van der Waals surface area contributed by atoms with Gasteiger partial charge in [0.2, 0.25) is 0 Å². The van der Waals surface area contributed by atoms with Crippen LogP contribution >= 0.6 is 11.6 Å². The van der Waals surface area contributed by atoms with Gasteiger partial charge in [-0.1, -0.05) is 72.3 Å². The predicted molar refractivity (Wildman–Crippen MR) is 114 cm³/mol. The van der Waals surface area contributed by atoms with E-state index in [4.69, 9.17) is 16.3 Å². The third-order valence-corrected chi connectivity index (χ3v) is 4.74. The molecule has 2 nitrogen and oxygen atoms in total. The molecule has 0 saturated heterocycles. The van der Waals surface area contributed by atoms with Gasteiger partial charge in [0.25, 0.3) is 0 Å². The molecule has 0 bridgehead atoms. The molecular weight excluding hydrogens is 354 g/mol. The van der Waals surface area contributed by atoms with Crippen LogP contribution in [0, 0.1) is 0 Å². The summed E-state index contributed by atoms with van der Waals surface area (Å²) >= 11 is 5.92. The summed E-state index contributed by atoms with van der Waals surface area (Å²) in [6, 6.07) is 30.6. The molecule has 0 saturated carbocycles. The lowest BCUT2D eigenvalue weighted by molar-refractivity contribution is 0.306. The highest BCUT2D eigenvalue weighted by atomic mass is 35.5. The third-order valence-electron chi connectivity index (χ3n) is 4.49. The fourth-order valence-electron chi connectivity index (χ4n) is 3.07. The first kappa shape index (κ1) is 17.4. The summed E-state index contributed by atoms with van der Waals surface area (Å²) in [5, 5.41) is 6.75. The molecule has 0 atom stereocenters. The number of anilines is 1. The van der Waals surface area contributed by atoms with Crippen molar-refractivity contribution in [3.63, 3.8) is 0 Å². The highest BCUT2D eigenvalue weighted by Gasteiger charge is 2.02. The summed E-state index contributed by atoms with van der Waals surface area (Å²) in [4.78, 5) is 0. The Labute approximate surface area is 164 Å². The molecule has 0 amide bonds. The lowest BCUT2D eigenvalue weighted by atomic mass is 10.1. The van der Waals surface area contributed by atoms with Crippen LogP contribution in [-0.4, -0.2) is 0 Å². The molecule has 0 heterocycles. The van der Waals surface area contributed by atoms with Crippen LogP contribution in [0.3, 0.4) is 0 Å². The molecule has 4 aromatic carbocycles. The second-order valence-corrected chi connectivity index (χ2v) is 6.88. The Morgan fingerprint density at radius 3 is 2.41 bits per heavy atom. The number of rotatable bonds is 6. The minimum absolute atomic E-state index is 0.525. The van der Waals surface area contributed by atoms with Crippen molar-refractivity contribution in [3.05, 3.63) is 107 Å². The van der Waals surface area contributed by atoms with Gasteiger partial charge in [-0.3, -0.25) is 0 Å². The summed E-state index contributed by atoms with van der Waals surface area (Å²) in [5.74, 6) is 0.863. The van der Waals surface area contributed by atoms with Crippen molar-refractivity contribution in [2.45, 2.75) is 13.2 Å². The van der Waals surface area contributed by atoms with Gasteiger partial charge < -0.3 is 10.1 Å². The van der Waals surface area contributed by atoms with Gasteiger partial charge >= 0.3 is 0 Å². The van der Waals surface area contributed by atoms with E-state index in [2.05, 4.69) is 59.9 Å². The molecule has 0 aliphatic rings. The van der Waals surface area contributed by atoms with Crippen molar-refractivity contribution in [2.24, 2.45) is 0 Å². The summed E-state index contributed by atoms with van der Waals surface area (Å²) in [6.45, 7) is 1.27. The van der Waals surface area contributed by atoms with Crippen molar-refractivity contribution < 1.29 is 4.74 Å². The molecule has 0 unspecified atom stereocenters. The second kappa shape index (κ2) is 8.15. The number of hydrogen-bond donors (Lipinski definition) is 1. The Balaban J connectivity index is 1.42. The Bertz CT molecular complexity index is 1040. The maximum Gasteiger partial charge on any atom is 0.120 e. The highest BCUT2D eigenvalue weighted by Crippen LogP contribution is 2.24. The Hall–Kier alpha value is -2.97. The van der Waals surface area contributed by atoms with Crippen molar-refractivity contribution in [1.82, 2.24) is 0 Å². The maximum absolute atomic E-state index is 5.92. The normalized spacial score (nSPS) is 10.7. The minimum atomic E-state index is 0.525. The fourth-order valence-corrected chi connectivity index (χ4v) is 3.20. The van der Waals surface area contributed by atoms with E-state index >= 15 is 0 Å². The Morgan fingerprint density at radius 2 is 1.52 bits per heavy atom. The highest BCUT2D eigenvalue weighted by molar-refractivity contribution is 6.30. The van der Waals surface area contributed by atoms with E-state index < -0.39 is 0 Å². The van der Waals surface area contributed by atoms with Crippen LogP contribution in [0.5, 0.6) is 5.75 Å². The van der Waals surface area contributed by atoms with Crippen LogP contribution in [0.15, 0.2) is 91.0 Å². The van der Waals surface area contributed by atoms with Crippen LogP contribution in [0.4, 0.5) is 5.69 Å². The van der Waals surface area contributed by atoms with Gasteiger partial charge in [-0.05, 0) is 46.8 Å². The number of hydrogen-bond acceptors (Lipinski definition) is 2. The first-order valence-corrected chi connectivity index (χ1v) is 9.33. The van der Waals surface area contributed by atoms with Gasteiger partial charge in [-0.15, -0.1) is 0 Å². The predicted octanol–water partition coefficient (Wildman–Crippen LogP) is 6.68. The van der Waals surface area contributed by atoms with Gasteiger partial charge in [0, 0.05) is 22.6 Å². The third kappa shape index (κ3) is 4.42. The minimum Gasteiger partial charge on any atom is -0.489 e. The number of ether oxygens (including phenoxy) is 1. The topological polar surface area (TPSA) is 21.3 Å². The van der Waals surface area contributed by atoms with Gasteiger partial charge in [-0.2, -0.15) is 0 Å². The lowest BCUT2D eigenvalue weighted by Gasteiger charge is -2.11. The van der Waals surface area contributed by atoms with Crippen LogP contribution in [0.1, 0.15) is 11.1 Å². The maximum atomic E-state index is 5.92. The molecule has 0 aromatic heterocycles. The van der Waals surface area contributed by atoms with Gasteiger partial charge in [0.15, 0.2) is 0 Å². The lowest BCUT2D eigenvalue weighted by Crippen LogP contribution is -2.01. The zero-order valence-corrected chi connectivity index (χ0v) is 15.6. The smallest absolute Gasteiger partial charge is 0.120 e. The number of halogens is 1. The summed E-state index contributed by atoms with van der Waals surface area (Å²) in [7, 11) is 0. The number of nitrogens with one attached hydrogen (secondary N) is 1. The fraction of sp³-hybridized carbons (Fsp3) is 0.0833. The quantitative estimate of drug-likeness (QED) is 0.406. The second-order valence-electron chi connectivity index (χ2n) is 6.44. The van der Waals surface area contributed by atoms with Crippen LogP contribution in [-0.2, 0) is 13.2 Å². The molecule has 0 aliphatic heterocycles. The summed E-state index contributed by atoms with van der Waals surface area (Å²) in [6.07, 6.45) is 0. The average molecular weight is 374 g/mol. The first-order valence-electron chi connectivity index (χ1n) is 8.96. The number of fused-ring (bicyclic) bond motifs is 1. The van der Waals surface area contributed by atoms with E-state index in [1.54, 1.807) is 0 Å². The van der Waals surface area contributed by atoms with E-state index in [1.165, 1.54) is 16.3 Å². The Kier molecular flexibility index (Phi) is 5.27. The van der Waals surface area contributed by atoms with Crippen LogP contribution < -0.4 is 10.1 Å². The molecular formula is C24H20ClNO. The molecule has 0 radical (unpaired) electrons. The molecule has 0 spiro atoms. The molecule has 27 heavy (non-hydrogen) atoms. The molecule has 1 N–H and O–H groups in total. The number of benzene rings is 4. The molecule has 0 aliphatic carbocycles. The summed E-state index contributed by atoms with van der Waals surface area (Å²) in [5.41, 5.74) is 3.41. The standard InChI is InChI=1S/C24H20ClNO/c25-21-13-11-18(12-14-21)17-27-22-8-3-5-19(15-22)16-26-24-10-4-7-20-6-1-2-9-23(20)24/h1-15,26H,16-17H2. The van der Waals surface area contributed by atoms with Gasteiger partial charge in [0.1, 0.15) is 12.4 Å². The van der Waals surface area contributed by atoms with Crippen molar-refractivity contribution >= 4 is 28.1 Å². The average Bonchev–Trinajstić information content (AvgIpc) is 2.72. The molecule has 3 heteroatoms. The largest absolute Gasteiger partial charge is 0.489 e. The molecule has 0 fully saturated rings. The van der Waals surface area contributed by atoms with E-state index in [0.717, 1.165) is 28.6 Å². The van der Waals surface area contributed by atoms with Crippen molar-refractivity contribution in [3.8, 4) is 5.75 Å². The van der Waals surface area contributed by atoms with Crippen molar-refractivity contribution in [1.29, 1.82) is 0 Å². The Morgan fingerprint density at radius 1 is 0.741 bits per heavy atom. The summed E-state index contributed by atoms with van der Waals surface area (Å²) < 4.78 is 5.92. The van der Waals surface area contributed by atoms with Crippen molar-refractivity contribution in [2.75, 3.05) is 5.32 Å². The van der Waals surface area contributed by atoms with E-state index in [9.17, 15) is 0 Å². The van der Waals surface area contributed by atoms with Crippen LogP contribution in [0.2, 0.25) is 5.02 Å². The first-order chi connectivity index (χ1) is 13.3. The van der Waals surface area contributed by atoms with Gasteiger partial charge in [-0.25, -0.2) is 0 Å². The van der Waals surface area contributed by atoms with E-state index in [1.807, 2.05) is 36.4 Å². The SMILES string of the molecule is Clc1ccc(COc2cccc(CNc3cccc4ccccc34)c2)cc1. The van der Waals surface area contributed by atoms with E-state index in [-0.39, 0.29) is 0 Å². The molecule has 4 aromatic rings. The monoisotopic (exact) mass is 373 g/mol. The zero-order valence-electron chi connectivity index (χ0n) is 14.9.